The Balaban J connectivity index is 1.29. The fraction of sp³-hybridized carbons (Fsp3) is 0.902. The molecule has 0 aromatic heterocycles. The molecule has 2 amide bonds. The largest absolute Gasteiger partial charge is 0.394 e. The summed E-state index contributed by atoms with van der Waals surface area (Å²) in [6.45, 7) is 10.7. The number of hydrogen-bond acceptors (Lipinski definition) is 27. The second kappa shape index (κ2) is 55.7. The van der Waals surface area contributed by atoms with Gasteiger partial charge >= 0.3 is 0 Å². The molecule has 111 heavy (non-hydrogen) atoms. The molecule has 0 saturated carbocycles. The molecule has 11 N–H and O–H groups in total. The highest BCUT2D eigenvalue weighted by molar-refractivity contribution is 5.81. The first-order valence-electron chi connectivity index (χ1n) is 41.9. The van der Waals surface area contributed by atoms with E-state index < -0.39 is 123 Å². The van der Waals surface area contributed by atoms with Crippen LogP contribution in [-0.4, -0.2) is 280 Å². The van der Waals surface area contributed by atoms with Gasteiger partial charge < -0.3 is 104 Å². The van der Waals surface area contributed by atoms with Gasteiger partial charge in [-0.1, -0.05) is 86.5 Å². The minimum atomic E-state index is -1.32. The first-order chi connectivity index (χ1) is 53.0. The van der Waals surface area contributed by atoms with E-state index in [1.165, 1.54) is 0 Å². The Morgan fingerprint density at radius 3 is 1.03 bits per heavy atom. The third kappa shape index (κ3) is 39.8. The van der Waals surface area contributed by atoms with E-state index in [0.29, 0.717) is 135 Å². The summed E-state index contributed by atoms with van der Waals surface area (Å²) in [5.41, 5.74) is -1.19. The van der Waals surface area contributed by atoms with Crippen LogP contribution in [0.3, 0.4) is 0 Å². The quantitative estimate of drug-likeness (QED) is 0.0300. The van der Waals surface area contributed by atoms with Crippen LogP contribution >= 0.6 is 0 Å². The highest BCUT2D eigenvalue weighted by Crippen LogP contribution is 2.32. The van der Waals surface area contributed by atoms with Crippen LogP contribution in [0.1, 0.15) is 273 Å². The highest BCUT2D eigenvalue weighted by Gasteiger charge is 2.45. The molecule has 4 aliphatic heterocycles. The van der Waals surface area contributed by atoms with Crippen LogP contribution in [-0.2, 0) is 81.0 Å². The van der Waals surface area contributed by atoms with Crippen molar-refractivity contribution in [3.63, 3.8) is 0 Å². The number of likely N-dealkylation sites (tertiary alicyclic amines) is 1. The average molecular weight is 1590 g/mol. The van der Waals surface area contributed by atoms with E-state index in [4.69, 9.17) is 42.6 Å². The number of ether oxygens (including phenoxy) is 9. The molecule has 0 aliphatic carbocycles. The third-order valence-electron chi connectivity index (χ3n) is 21.8. The molecule has 29 heteroatoms. The number of β-amino-alcohol motifs (C(OH)–C–C–N with tert-alkyl or cyclic N) is 1. The summed E-state index contributed by atoms with van der Waals surface area (Å²) in [6.07, 6.45) is 5.15. The number of amides is 2. The molecular formula is C82H144N2O27. The lowest BCUT2D eigenvalue weighted by Gasteiger charge is -2.40. The van der Waals surface area contributed by atoms with Crippen LogP contribution in [0.15, 0.2) is 0 Å². The van der Waals surface area contributed by atoms with Crippen molar-refractivity contribution in [2.45, 2.75) is 364 Å². The molecule has 15 unspecified atom stereocenters. The summed E-state index contributed by atoms with van der Waals surface area (Å²) in [7, 11) is 0. The van der Waals surface area contributed by atoms with Crippen LogP contribution in [0, 0.1) is 23.2 Å². The molecule has 4 heterocycles. The van der Waals surface area contributed by atoms with Crippen molar-refractivity contribution >= 4 is 46.5 Å². The summed E-state index contributed by atoms with van der Waals surface area (Å²) in [5, 5.41) is 103. The average Bonchev–Trinajstić information content (AvgIpc) is 1.75. The lowest BCUT2D eigenvalue weighted by atomic mass is 9.88. The molecule has 4 rings (SSSR count). The number of hydrogen-bond donors (Lipinski definition) is 11. The second-order valence-electron chi connectivity index (χ2n) is 32.9. The Kier molecular flexibility index (Phi) is 50.0. The molecular weight excluding hydrogens is 1440 g/mol. The minimum Gasteiger partial charge on any atom is -0.394 e. The van der Waals surface area contributed by atoms with E-state index in [0.717, 1.165) is 44.9 Å². The van der Waals surface area contributed by atoms with Gasteiger partial charge in [-0.3, -0.25) is 38.4 Å². The molecule has 4 aliphatic rings. The summed E-state index contributed by atoms with van der Waals surface area (Å²) in [5.74, 6) is -1.83. The van der Waals surface area contributed by atoms with E-state index >= 15 is 0 Å². The smallest absolute Gasteiger partial charge is 0.222 e. The molecule has 0 bridgehead atoms. The number of aliphatic hydroxyl groups is 10. The van der Waals surface area contributed by atoms with Gasteiger partial charge in [0, 0.05) is 133 Å². The van der Waals surface area contributed by atoms with Crippen molar-refractivity contribution < 1.29 is 132 Å². The molecule has 4 fully saturated rings. The van der Waals surface area contributed by atoms with Crippen LogP contribution < -0.4 is 5.32 Å². The SMILES string of the molecule is CC1C(OCCCCC(=O)CCCCCC(=O)CCOCC(COCCC(=O)CCCCCC(=O)CCCCOC2OC(CO)C(O)C(O)C2C)(COCCC(=O)CCCCCC(=O)CCOC2OC(CO)C(O)C(O)C2C)NC(=O)CCCCCCCCC(=O)N2C[C@H](O)C[C@H]2CCC(C)(C)C)OC(CO)C(O)C1O. The maximum atomic E-state index is 14.1. The predicted molar refractivity (Wildman–Crippen MR) is 409 cm³/mol. The predicted octanol–water partition coefficient (Wildman–Crippen LogP) is 6.24. The van der Waals surface area contributed by atoms with Crippen LogP contribution in [0.4, 0.5) is 0 Å². The normalized spacial score (nSPS) is 26.9. The zero-order chi connectivity index (χ0) is 81.7. The van der Waals surface area contributed by atoms with Crippen molar-refractivity contribution in [2.75, 3.05) is 85.8 Å². The van der Waals surface area contributed by atoms with Gasteiger partial charge in [0.2, 0.25) is 11.8 Å². The Hall–Kier alpha value is -3.80. The molecule has 0 aromatic carbocycles. The van der Waals surface area contributed by atoms with E-state index in [1.54, 1.807) is 20.8 Å². The highest BCUT2D eigenvalue weighted by atomic mass is 16.7. The van der Waals surface area contributed by atoms with Crippen LogP contribution in [0.2, 0.25) is 0 Å². The van der Waals surface area contributed by atoms with E-state index in [-0.39, 0.29) is 175 Å². The maximum Gasteiger partial charge on any atom is 0.222 e. The van der Waals surface area contributed by atoms with Crippen LogP contribution in [0.25, 0.3) is 0 Å². The summed E-state index contributed by atoms with van der Waals surface area (Å²) in [4.78, 5) is 107. The molecule has 0 aromatic rings. The summed E-state index contributed by atoms with van der Waals surface area (Å²) < 4.78 is 52.7. The fourth-order valence-electron chi connectivity index (χ4n) is 14.4. The Labute approximate surface area is 659 Å². The summed E-state index contributed by atoms with van der Waals surface area (Å²) >= 11 is 0. The Morgan fingerprint density at radius 2 is 0.676 bits per heavy atom. The molecule has 4 saturated heterocycles. The number of ketones is 6. The number of nitrogens with one attached hydrogen (secondary N) is 1. The van der Waals surface area contributed by atoms with E-state index in [1.807, 2.05) is 4.90 Å². The summed E-state index contributed by atoms with van der Waals surface area (Å²) in [6, 6.07) is 0.0501. The number of Topliss-reactive ketones (excluding diaryl/α,β-unsaturated/α-hetero) is 6. The lowest BCUT2D eigenvalue weighted by Crippen LogP contribution is -2.58. The fourth-order valence-corrected chi connectivity index (χ4v) is 14.4. The zero-order valence-corrected chi connectivity index (χ0v) is 67.8. The molecule has 644 valence electrons. The third-order valence-corrected chi connectivity index (χ3v) is 21.8. The molecule has 17 atom stereocenters. The Bertz CT molecular complexity index is 2540. The first kappa shape index (κ1) is 99.6. The number of nitrogens with zero attached hydrogens (tertiary/aromatic N) is 1. The molecule has 29 nitrogen and oxygen atoms in total. The molecule has 0 radical (unpaired) electrons. The monoisotopic (exact) mass is 1590 g/mol. The standard InChI is InChI=1S/C82H144N2O27/c1-56-72(97)75(100)67(50-85)109-78(56)106-42-24-22-32-60(88)26-14-11-16-28-62(90)37-44-103-53-82(83-70(95)34-20-9-7-8-10-21-35-71(96)84-49-66(94)48-59(84)36-41-81(4,5)6,55-105-46-39-64(92)30-18-13-19-31-65(93)40-47-108-80-58(3)74(99)77(102)69(52-87)111-80)54-104-45-38-63(91)29-17-12-15-27-61(89)33-23-25-43-107-79-57(2)73(98)76(101)68(51-86)110-79/h56-59,66-69,72-80,85-87,94,97-102H,7-55H2,1-6H3,(H,83,95)/t56?,57?,58?,59-,66-,67?,68?,69?,72?,73?,74?,75?,76?,77?,78?,79?,80?,82?/m1/s1. The number of carbonyl (C=O) groups excluding carboxylic acids is 8. The van der Waals surface area contributed by atoms with Crippen molar-refractivity contribution in [1.29, 1.82) is 0 Å². The number of unbranched alkanes of at least 4 members (excludes halogenated alkanes) is 13. The lowest BCUT2D eigenvalue weighted by molar-refractivity contribution is -0.282. The van der Waals surface area contributed by atoms with E-state index in [2.05, 4.69) is 26.1 Å². The number of carbonyl (C=O) groups is 8. The first-order valence-corrected chi connectivity index (χ1v) is 41.9. The van der Waals surface area contributed by atoms with Gasteiger partial charge in [0.1, 0.15) is 76.9 Å². The van der Waals surface area contributed by atoms with Gasteiger partial charge in [0.15, 0.2) is 18.9 Å². The van der Waals surface area contributed by atoms with Gasteiger partial charge in [-0.15, -0.1) is 0 Å². The topological polar surface area (TPSA) is 437 Å². The minimum absolute atomic E-state index is 0.000944. The van der Waals surface area contributed by atoms with Crippen molar-refractivity contribution in [1.82, 2.24) is 10.2 Å². The van der Waals surface area contributed by atoms with Crippen molar-refractivity contribution in [3.05, 3.63) is 0 Å². The Morgan fingerprint density at radius 1 is 0.378 bits per heavy atom. The van der Waals surface area contributed by atoms with Gasteiger partial charge in [0.25, 0.3) is 0 Å². The van der Waals surface area contributed by atoms with Crippen molar-refractivity contribution in [3.8, 4) is 0 Å². The number of rotatable bonds is 64. The second-order valence-corrected chi connectivity index (χ2v) is 32.9. The van der Waals surface area contributed by atoms with Crippen molar-refractivity contribution in [2.24, 2.45) is 23.2 Å². The van der Waals surface area contributed by atoms with Crippen LogP contribution in [0.5, 0.6) is 0 Å². The molecule has 0 spiro atoms. The zero-order valence-electron chi connectivity index (χ0n) is 67.8. The van der Waals surface area contributed by atoms with Gasteiger partial charge in [-0.25, -0.2) is 0 Å². The van der Waals surface area contributed by atoms with E-state index in [9.17, 15) is 89.4 Å². The van der Waals surface area contributed by atoms with Gasteiger partial charge in [-0.2, -0.15) is 0 Å². The van der Waals surface area contributed by atoms with Gasteiger partial charge in [0.05, 0.1) is 90.5 Å². The maximum absolute atomic E-state index is 14.1. The van der Waals surface area contributed by atoms with Gasteiger partial charge in [-0.05, 0) is 102 Å². The number of aliphatic hydroxyl groups excluding tert-OH is 10.